The van der Waals surface area contributed by atoms with Crippen molar-refractivity contribution in [2.45, 2.75) is 38.8 Å². The van der Waals surface area contributed by atoms with E-state index in [1.807, 2.05) is 24.3 Å². The zero-order valence-electron chi connectivity index (χ0n) is 13.2. The number of nitrogens with one attached hydrogen (secondary N) is 1. The van der Waals surface area contributed by atoms with Crippen LogP contribution in [0.1, 0.15) is 33.3 Å². The number of hydrogen-bond donors (Lipinski definition) is 2. The van der Waals surface area contributed by atoms with Gasteiger partial charge in [-0.05, 0) is 33.8 Å². The molecule has 4 heteroatoms. The highest BCUT2D eigenvalue weighted by Crippen LogP contribution is 2.29. The molecule has 1 unspecified atom stereocenters. The van der Waals surface area contributed by atoms with Gasteiger partial charge in [0.15, 0.2) is 0 Å². The van der Waals surface area contributed by atoms with Gasteiger partial charge in [0, 0.05) is 24.8 Å². The summed E-state index contributed by atoms with van der Waals surface area (Å²) in [5.74, 6) is 0.699. The van der Waals surface area contributed by atoms with Crippen LogP contribution in [0.5, 0.6) is 5.75 Å². The molecule has 20 heavy (non-hydrogen) atoms. The highest BCUT2D eigenvalue weighted by atomic mass is 16.5. The maximum Gasteiger partial charge on any atom is 0.125 e. The smallest absolute Gasteiger partial charge is 0.125 e. The molecule has 0 aliphatic carbocycles. The Kier molecular flexibility index (Phi) is 5.99. The van der Waals surface area contributed by atoms with Crippen molar-refractivity contribution in [3.05, 3.63) is 29.8 Å². The molecule has 114 valence electrons. The fourth-order valence-electron chi connectivity index (χ4n) is 1.80. The molecule has 1 atom stereocenters. The minimum Gasteiger partial charge on any atom is -0.491 e. The predicted molar refractivity (Wildman–Crippen MR) is 81.1 cm³/mol. The van der Waals surface area contributed by atoms with E-state index < -0.39 is 5.60 Å². The topological polar surface area (TPSA) is 50.7 Å². The van der Waals surface area contributed by atoms with Crippen molar-refractivity contribution in [2.75, 3.05) is 26.9 Å². The van der Waals surface area contributed by atoms with Gasteiger partial charge in [0.05, 0.1) is 6.61 Å². The van der Waals surface area contributed by atoms with Gasteiger partial charge < -0.3 is 19.9 Å². The van der Waals surface area contributed by atoms with E-state index in [0.717, 1.165) is 5.56 Å². The Hall–Kier alpha value is -1.10. The molecule has 0 saturated heterocycles. The third-order valence-electron chi connectivity index (χ3n) is 2.98. The van der Waals surface area contributed by atoms with Crippen molar-refractivity contribution in [3.8, 4) is 5.75 Å². The summed E-state index contributed by atoms with van der Waals surface area (Å²) < 4.78 is 10.7. The van der Waals surface area contributed by atoms with Crippen molar-refractivity contribution < 1.29 is 14.6 Å². The molecule has 1 aromatic carbocycles. The minimum absolute atomic E-state index is 0.0458. The lowest BCUT2D eigenvalue weighted by atomic mass is 9.93. The van der Waals surface area contributed by atoms with Gasteiger partial charge in [-0.2, -0.15) is 0 Å². The van der Waals surface area contributed by atoms with E-state index in [9.17, 15) is 5.11 Å². The van der Waals surface area contributed by atoms with Crippen molar-refractivity contribution in [1.82, 2.24) is 5.32 Å². The van der Waals surface area contributed by atoms with Gasteiger partial charge in [-0.25, -0.2) is 0 Å². The van der Waals surface area contributed by atoms with Crippen LogP contribution < -0.4 is 10.1 Å². The molecule has 0 heterocycles. The second-order valence-corrected chi connectivity index (χ2v) is 6.21. The zero-order valence-corrected chi connectivity index (χ0v) is 13.2. The van der Waals surface area contributed by atoms with Crippen molar-refractivity contribution in [3.63, 3.8) is 0 Å². The van der Waals surface area contributed by atoms with Gasteiger partial charge in [-0.15, -0.1) is 0 Å². The Morgan fingerprint density at radius 2 is 1.75 bits per heavy atom. The third kappa shape index (κ3) is 5.49. The van der Waals surface area contributed by atoms with Crippen LogP contribution in [-0.2, 0) is 10.3 Å². The molecule has 0 fully saturated rings. The van der Waals surface area contributed by atoms with Crippen LogP contribution in [0.2, 0.25) is 0 Å². The number of ether oxygens (including phenoxy) is 2. The molecule has 1 rings (SSSR count). The van der Waals surface area contributed by atoms with E-state index in [-0.39, 0.29) is 5.54 Å². The third-order valence-corrected chi connectivity index (χ3v) is 2.98. The van der Waals surface area contributed by atoms with E-state index in [4.69, 9.17) is 9.47 Å². The number of methoxy groups -OCH3 is 1. The summed E-state index contributed by atoms with van der Waals surface area (Å²) in [6.07, 6.45) is 0. The number of aliphatic hydroxyl groups is 1. The number of β-amino-alcohol motifs (C(OH)–C–C–N with tert-alkyl or cyclic N) is 1. The van der Waals surface area contributed by atoms with Crippen molar-refractivity contribution in [2.24, 2.45) is 0 Å². The maximum atomic E-state index is 10.7. The first-order chi connectivity index (χ1) is 9.26. The van der Waals surface area contributed by atoms with Crippen LogP contribution >= 0.6 is 0 Å². The summed E-state index contributed by atoms with van der Waals surface area (Å²) in [5, 5.41) is 14.0. The van der Waals surface area contributed by atoms with Gasteiger partial charge in [-0.1, -0.05) is 18.2 Å². The molecule has 1 aromatic rings. The first kappa shape index (κ1) is 17.0. The molecule has 0 aliphatic rings. The number of benzene rings is 1. The van der Waals surface area contributed by atoms with Crippen LogP contribution in [0, 0.1) is 0 Å². The van der Waals surface area contributed by atoms with Crippen LogP contribution in [-0.4, -0.2) is 37.5 Å². The molecular weight excluding hydrogens is 254 g/mol. The molecule has 0 radical (unpaired) electrons. The van der Waals surface area contributed by atoms with Crippen LogP contribution in [0.3, 0.4) is 0 Å². The Morgan fingerprint density at radius 3 is 2.35 bits per heavy atom. The van der Waals surface area contributed by atoms with Gasteiger partial charge in [0.25, 0.3) is 0 Å². The molecular formula is C16H27NO3. The fourth-order valence-corrected chi connectivity index (χ4v) is 1.80. The lowest BCUT2D eigenvalue weighted by molar-refractivity contribution is 0.0459. The molecule has 0 aromatic heterocycles. The van der Waals surface area contributed by atoms with Gasteiger partial charge in [0.2, 0.25) is 0 Å². The summed E-state index contributed by atoms with van der Waals surface area (Å²) in [4.78, 5) is 0. The van der Waals surface area contributed by atoms with Crippen molar-refractivity contribution in [1.29, 1.82) is 0 Å². The van der Waals surface area contributed by atoms with E-state index in [1.165, 1.54) is 0 Å². The zero-order chi connectivity index (χ0) is 15.2. The number of para-hydroxylation sites is 1. The fraction of sp³-hybridized carbons (Fsp3) is 0.625. The Labute approximate surface area is 122 Å². The second kappa shape index (κ2) is 7.07. The van der Waals surface area contributed by atoms with Crippen LogP contribution in [0.4, 0.5) is 0 Å². The minimum atomic E-state index is -0.989. The molecule has 0 saturated carbocycles. The summed E-state index contributed by atoms with van der Waals surface area (Å²) in [5.41, 5.74) is -0.250. The van der Waals surface area contributed by atoms with E-state index in [1.54, 1.807) is 14.0 Å². The highest BCUT2D eigenvalue weighted by Gasteiger charge is 2.28. The SMILES string of the molecule is COCCOc1ccccc1C(C)(O)CNC(C)(C)C. The molecule has 4 nitrogen and oxygen atoms in total. The average Bonchev–Trinajstić information content (AvgIpc) is 2.37. The quantitative estimate of drug-likeness (QED) is 0.753. The lowest BCUT2D eigenvalue weighted by Gasteiger charge is -2.31. The Morgan fingerprint density at radius 1 is 1.10 bits per heavy atom. The maximum absolute atomic E-state index is 10.7. The molecule has 2 N–H and O–H groups in total. The Bertz CT molecular complexity index is 410. The first-order valence-corrected chi connectivity index (χ1v) is 6.95. The number of rotatable bonds is 7. The van der Waals surface area contributed by atoms with E-state index in [0.29, 0.717) is 25.5 Å². The van der Waals surface area contributed by atoms with Crippen LogP contribution in [0.15, 0.2) is 24.3 Å². The second-order valence-electron chi connectivity index (χ2n) is 6.21. The number of hydrogen-bond acceptors (Lipinski definition) is 4. The van der Waals surface area contributed by atoms with Gasteiger partial charge >= 0.3 is 0 Å². The molecule has 0 aliphatic heterocycles. The average molecular weight is 281 g/mol. The first-order valence-electron chi connectivity index (χ1n) is 6.95. The lowest BCUT2D eigenvalue weighted by Crippen LogP contribution is -2.44. The molecule has 0 amide bonds. The Balaban J connectivity index is 2.82. The predicted octanol–water partition coefficient (Wildman–Crippen LogP) is 2.31. The summed E-state index contributed by atoms with van der Waals surface area (Å²) in [7, 11) is 1.64. The standard InChI is InChI=1S/C16H27NO3/c1-15(2,3)17-12-16(4,18)13-8-6-7-9-14(13)20-11-10-19-5/h6-9,17-18H,10-12H2,1-5H3. The summed E-state index contributed by atoms with van der Waals surface area (Å²) in [6.45, 7) is 9.47. The van der Waals surface area contributed by atoms with E-state index >= 15 is 0 Å². The van der Waals surface area contributed by atoms with Gasteiger partial charge in [0.1, 0.15) is 18.0 Å². The monoisotopic (exact) mass is 281 g/mol. The van der Waals surface area contributed by atoms with Crippen molar-refractivity contribution >= 4 is 0 Å². The van der Waals surface area contributed by atoms with E-state index in [2.05, 4.69) is 26.1 Å². The van der Waals surface area contributed by atoms with Gasteiger partial charge in [-0.3, -0.25) is 0 Å². The summed E-state index contributed by atoms with van der Waals surface area (Å²) >= 11 is 0. The molecule has 0 bridgehead atoms. The normalized spacial score (nSPS) is 14.9. The highest BCUT2D eigenvalue weighted by molar-refractivity contribution is 5.38. The van der Waals surface area contributed by atoms with Crippen LogP contribution in [0.25, 0.3) is 0 Å². The molecule has 0 spiro atoms. The largest absolute Gasteiger partial charge is 0.491 e. The summed E-state index contributed by atoms with van der Waals surface area (Å²) in [6, 6.07) is 7.58.